The number of nitrogens with zero attached hydrogens (tertiary/aromatic N) is 5. The lowest BCUT2D eigenvalue weighted by molar-refractivity contribution is 0.0455. The summed E-state index contributed by atoms with van der Waals surface area (Å²) in [4.78, 5) is 38.9. The summed E-state index contributed by atoms with van der Waals surface area (Å²) in [6, 6.07) is 1.14. The van der Waals surface area contributed by atoms with E-state index in [2.05, 4.69) is 20.1 Å². The zero-order chi connectivity index (χ0) is 17.6. The van der Waals surface area contributed by atoms with E-state index in [1.165, 1.54) is 23.5 Å². The smallest absolute Gasteiger partial charge is 0.274 e. The lowest BCUT2D eigenvalue weighted by atomic mass is 10.00. The molecule has 4 heterocycles. The average molecular weight is 363 g/mol. The number of rotatable bonds is 3. The van der Waals surface area contributed by atoms with E-state index in [9.17, 15) is 14.0 Å². The molecule has 4 rings (SSSR count). The average Bonchev–Trinajstić information content (AvgIpc) is 2.94. The second kappa shape index (κ2) is 5.92. The van der Waals surface area contributed by atoms with Crippen LogP contribution in [0.2, 0.25) is 5.15 Å². The van der Waals surface area contributed by atoms with Crippen molar-refractivity contribution in [2.45, 2.75) is 0 Å². The molecule has 0 aliphatic carbocycles. The van der Waals surface area contributed by atoms with E-state index in [4.69, 9.17) is 11.6 Å². The van der Waals surface area contributed by atoms with E-state index >= 15 is 0 Å². The number of fused-ring (bicyclic) bond motifs is 1. The van der Waals surface area contributed by atoms with Crippen LogP contribution in [-0.2, 0) is 0 Å². The van der Waals surface area contributed by atoms with Gasteiger partial charge in [-0.05, 0) is 0 Å². The van der Waals surface area contributed by atoms with Crippen LogP contribution in [0.3, 0.4) is 0 Å². The van der Waals surface area contributed by atoms with Crippen molar-refractivity contribution in [1.82, 2.24) is 29.5 Å². The Morgan fingerprint density at radius 3 is 2.88 bits per heavy atom. The first-order valence-electron chi connectivity index (χ1n) is 7.51. The van der Waals surface area contributed by atoms with Gasteiger partial charge in [0.25, 0.3) is 11.5 Å². The number of amides is 1. The molecule has 1 aliphatic heterocycles. The number of hydrogen-bond acceptors (Lipinski definition) is 5. The molecule has 0 spiro atoms. The third kappa shape index (κ3) is 2.56. The molecule has 0 radical (unpaired) electrons. The summed E-state index contributed by atoms with van der Waals surface area (Å²) in [6.07, 6.45) is 4.44. The molecular formula is C15H12ClFN6O2. The highest BCUT2D eigenvalue weighted by Crippen LogP contribution is 2.27. The van der Waals surface area contributed by atoms with Crippen LogP contribution in [0, 0.1) is 5.92 Å². The van der Waals surface area contributed by atoms with E-state index in [1.54, 1.807) is 0 Å². The predicted molar refractivity (Wildman–Crippen MR) is 87.2 cm³/mol. The van der Waals surface area contributed by atoms with Crippen LogP contribution in [0.4, 0.5) is 4.39 Å². The van der Waals surface area contributed by atoms with Crippen molar-refractivity contribution in [1.29, 1.82) is 0 Å². The summed E-state index contributed by atoms with van der Waals surface area (Å²) >= 11 is 5.89. The minimum Gasteiger partial charge on any atom is -0.338 e. The molecule has 3 aromatic heterocycles. The van der Waals surface area contributed by atoms with Gasteiger partial charge in [0.05, 0.1) is 18.6 Å². The van der Waals surface area contributed by atoms with Crippen molar-refractivity contribution >= 4 is 23.2 Å². The molecule has 10 heteroatoms. The number of likely N-dealkylation sites (tertiary alicyclic amines) is 1. The van der Waals surface area contributed by atoms with Gasteiger partial charge in [0.15, 0.2) is 5.65 Å². The number of H-pyrrole nitrogens is 1. The Bertz CT molecular complexity index is 1010. The highest BCUT2D eigenvalue weighted by molar-refractivity contribution is 6.29. The first kappa shape index (κ1) is 15.7. The SMILES string of the molecule is O=C(c1c(-c2cnccn2)[nH]n2c(=O)cc(Cl)nc12)N1CC(CF)C1. The quantitative estimate of drug-likeness (QED) is 0.706. The minimum absolute atomic E-state index is 0.0195. The second-order valence-corrected chi connectivity index (χ2v) is 6.15. The highest BCUT2D eigenvalue weighted by atomic mass is 35.5. The molecule has 1 fully saturated rings. The molecule has 1 amide bonds. The molecule has 0 bridgehead atoms. The van der Waals surface area contributed by atoms with Gasteiger partial charge in [-0.1, -0.05) is 11.6 Å². The largest absolute Gasteiger partial charge is 0.338 e. The van der Waals surface area contributed by atoms with Crippen molar-refractivity contribution in [3.8, 4) is 11.4 Å². The fraction of sp³-hybridized carbons (Fsp3) is 0.267. The maximum Gasteiger partial charge on any atom is 0.274 e. The fourth-order valence-electron chi connectivity index (χ4n) is 2.82. The van der Waals surface area contributed by atoms with Gasteiger partial charge >= 0.3 is 0 Å². The molecule has 1 N–H and O–H groups in total. The Morgan fingerprint density at radius 1 is 1.40 bits per heavy atom. The summed E-state index contributed by atoms with van der Waals surface area (Å²) in [5, 5.41) is 2.82. The van der Waals surface area contributed by atoms with Crippen molar-refractivity contribution in [2.75, 3.05) is 19.8 Å². The van der Waals surface area contributed by atoms with E-state index in [0.717, 1.165) is 10.6 Å². The van der Waals surface area contributed by atoms with Gasteiger partial charge in [-0.3, -0.25) is 29.0 Å². The van der Waals surface area contributed by atoms with E-state index in [0.29, 0.717) is 24.5 Å². The summed E-state index contributed by atoms with van der Waals surface area (Å²) in [5.74, 6) is -0.522. The lowest BCUT2D eigenvalue weighted by Crippen LogP contribution is -2.50. The molecule has 1 saturated heterocycles. The number of halogens is 2. The molecule has 0 atom stereocenters. The molecule has 128 valence electrons. The molecule has 0 aromatic carbocycles. The molecule has 3 aromatic rings. The number of nitrogens with one attached hydrogen (secondary N) is 1. The van der Waals surface area contributed by atoms with Crippen LogP contribution in [0.15, 0.2) is 29.5 Å². The summed E-state index contributed by atoms with van der Waals surface area (Å²) in [7, 11) is 0. The summed E-state index contributed by atoms with van der Waals surface area (Å²) in [5.41, 5.74) is 0.511. The summed E-state index contributed by atoms with van der Waals surface area (Å²) in [6.45, 7) is 0.160. The third-order valence-corrected chi connectivity index (χ3v) is 4.27. The van der Waals surface area contributed by atoms with Gasteiger partial charge in [0, 0.05) is 37.5 Å². The normalized spacial score (nSPS) is 14.7. The van der Waals surface area contributed by atoms with Gasteiger partial charge < -0.3 is 4.90 Å². The van der Waals surface area contributed by atoms with Gasteiger partial charge in [-0.15, -0.1) is 0 Å². The van der Waals surface area contributed by atoms with Gasteiger partial charge in [-0.25, -0.2) is 9.50 Å². The molecule has 1 aliphatic rings. The van der Waals surface area contributed by atoms with Gasteiger partial charge in [-0.2, -0.15) is 0 Å². The number of carbonyl (C=O) groups excluding carboxylic acids is 1. The monoisotopic (exact) mass is 362 g/mol. The number of aromatic nitrogens is 5. The van der Waals surface area contributed by atoms with Crippen molar-refractivity contribution in [3.63, 3.8) is 0 Å². The number of aromatic amines is 1. The first-order chi connectivity index (χ1) is 12.1. The van der Waals surface area contributed by atoms with E-state index < -0.39 is 12.2 Å². The van der Waals surface area contributed by atoms with Crippen LogP contribution in [-0.4, -0.2) is 55.1 Å². The maximum atomic E-state index is 12.9. The predicted octanol–water partition coefficient (Wildman–Crippen LogP) is 1.17. The van der Waals surface area contributed by atoms with Gasteiger partial charge in [0.2, 0.25) is 0 Å². The molecule has 0 unspecified atom stereocenters. The Kier molecular flexibility index (Phi) is 3.72. The van der Waals surface area contributed by atoms with Crippen LogP contribution in [0.1, 0.15) is 10.4 Å². The molecule has 0 saturated carbocycles. The zero-order valence-corrected chi connectivity index (χ0v) is 13.6. The molecular weight excluding hydrogens is 351 g/mol. The number of hydrogen-bond donors (Lipinski definition) is 1. The lowest BCUT2D eigenvalue weighted by Gasteiger charge is -2.37. The first-order valence-corrected chi connectivity index (χ1v) is 7.89. The molecule has 8 nitrogen and oxygen atoms in total. The van der Waals surface area contributed by atoms with Crippen LogP contribution < -0.4 is 5.56 Å². The standard InChI is InChI=1S/C15H12ClFN6O2/c16-10-3-11(24)23-14(20-10)12(15(25)22-6-8(4-17)7-22)13(21-23)9-5-18-1-2-19-9/h1-3,5,8,21H,4,6-7H2. The Morgan fingerprint density at radius 2 is 2.20 bits per heavy atom. The second-order valence-electron chi connectivity index (χ2n) is 5.76. The fourth-order valence-corrected chi connectivity index (χ4v) is 2.99. The maximum absolute atomic E-state index is 12.9. The third-order valence-electron chi connectivity index (χ3n) is 4.08. The molecule has 25 heavy (non-hydrogen) atoms. The Labute approximate surface area is 145 Å². The van der Waals surface area contributed by atoms with E-state index in [-0.39, 0.29) is 28.2 Å². The minimum atomic E-state index is -0.474. The van der Waals surface area contributed by atoms with Crippen LogP contribution in [0.25, 0.3) is 17.0 Å². The summed E-state index contributed by atoms with van der Waals surface area (Å²) < 4.78 is 13.8. The van der Waals surface area contributed by atoms with Crippen molar-refractivity contribution in [3.05, 3.63) is 45.7 Å². The van der Waals surface area contributed by atoms with Crippen LogP contribution in [0.5, 0.6) is 0 Å². The number of alkyl halides is 1. The van der Waals surface area contributed by atoms with Crippen molar-refractivity contribution < 1.29 is 9.18 Å². The Balaban J connectivity index is 1.91. The highest BCUT2D eigenvalue weighted by Gasteiger charge is 2.35. The topological polar surface area (TPSA) is 96.2 Å². The Hall–Kier alpha value is -2.81. The van der Waals surface area contributed by atoms with Gasteiger partial charge in [0.1, 0.15) is 16.4 Å². The number of carbonyl (C=O) groups is 1. The van der Waals surface area contributed by atoms with Crippen LogP contribution >= 0.6 is 11.6 Å². The van der Waals surface area contributed by atoms with Crippen molar-refractivity contribution in [2.24, 2.45) is 5.92 Å². The zero-order valence-electron chi connectivity index (χ0n) is 12.8. The van der Waals surface area contributed by atoms with E-state index in [1.807, 2.05) is 0 Å².